The van der Waals surface area contributed by atoms with E-state index in [1.165, 1.54) is 244 Å². The molecule has 0 aromatic carbocycles. The maximum Gasteiger partial charge on any atom is 0.220 e. The number of hydrogen-bond donors (Lipinski definition) is 6. The Bertz CT molecular complexity index is 1410. The summed E-state index contributed by atoms with van der Waals surface area (Å²) in [6.45, 7) is 3.79. The topological polar surface area (TPSA) is 149 Å². The van der Waals surface area contributed by atoms with E-state index < -0.39 is 49.5 Å². The van der Waals surface area contributed by atoms with E-state index in [1.54, 1.807) is 6.08 Å². The van der Waals surface area contributed by atoms with Gasteiger partial charge in [-0.3, -0.25) is 4.79 Å². The number of hydrogen-bond acceptors (Lipinski definition) is 8. The van der Waals surface area contributed by atoms with Crippen LogP contribution in [-0.2, 0) is 14.3 Å². The van der Waals surface area contributed by atoms with Crippen LogP contribution in [0.2, 0.25) is 0 Å². The molecule has 1 amide bonds. The van der Waals surface area contributed by atoms with Crippen LogP contribution in [0.1, 0.15) is 316 Å². The highest BCUT2D eigenvalue weighted by atomic mass is 16.7. The summed E-state index contributed by atoms with van der Waals surface area (Å²) < 4.78 is 11.3. The highest BCUT2D eigenvalue weighted by Crippen LogP contribution is 2.23. The molecule has 78 heavy (non-hydrogen) atoms. The van der Waals surface area contributed by atoms with Gasteiger partial charge in [-0.1, -0.05) is 293 Å². The maximum atomic E-state index is 13.1. The van der Waals surface area contributed by atoms with Crippen LogP contribution in [0.3, 0.4) is 0 Å². The van der Waals surface area contributed by atoms with Crippen LogP contribution in [0.15, 0.2) is 60.8 Å². The van der Waals surface area contributed by atoms with Gasteiger partial charge in [-0.25, -0.2) is 0 Å². The standard InChI is InChI=1S/C69H127NO8/c1-3-5-7-9-11-13-15-17-19-21-23-25-27-28-29-30-31-32-33-34-35-36-37-39-41-43-45-47-49-51-53-55-57-59-65(73)70-62(61-77-69-68(76)67(75)66(74)64(60-71)78-69)63(72)58-56-54-52-50-48-46-44-42-40-38-26-24-22-20-18-16-14-12-10-8-6-4-2/h23,25,28-29,40,42,48,50,56,58,62-64,66-69,71-72,74-76H,3-22,24,26-27,30-39,41,43-47,49,51-55,57,59-61H2,1-2H3,(H,70,73)/b25-23-,29-28-,42-40+,50-48+,58-56+. The summed E-state index contributed by atoms with van der Waals surface area (Å²) in [6.07, 6.45) is 73.2. The normalized spacial score (nSPS) is 19.0. The molecule has 1 heterocycles. The largest absolute Gasteiger partial charge is 0.394 e. The number of carbonyl (C=O) groups is 1. The van der Waals surface area contributed by atoms with Crippen molar-refractivity contribution >= 4 is 5.91 Å². The second-order valence-electron chi connectivity index (χ2n) is 23.2. The SMILES string of the molecule is CCCCCCCCCCC/C=C\C/C=C\CCCCCCCCCCCCCCCCCCCC(=O)NC(COC1OC(CO)C(O)C(O)C1O)C(O)/C=C/CC/C=C/CC/C=C/CCCCCCCCCCCCCC. The van der Waals surface area contributed by atoms with Gasteiger partial charge in [0.2, 0.25) is 5.91 Å². The van der Waals surface area contributed by atoms with Crippen molar-refractivity contribution in [2.24, 2.45) is 0 Å². The number of amides is 1. The molecular weight excluding hydrogens is 971 g/mol. The van der Waals surface area contributed by atoms with Crippen LogP contribution >= 0.6 is 0 Å². The van der Waals surface area contributed by atoms with E-state index in [1.807, 2.05) is 6.08 Å². The van der Waals surface area contributed by atoms with Crippen molar-refractivity contribution in [3.05, 3.63) is 60.8 Å². The summed E-state index contributed by atoms with van der Waals surface area (Å²) >= 11 is 0. The van der Waals surface area contributed by atoms with Crippen molar-refractivity contribution < 1.29 is 39.8 Å². The van der Waals surface area contributed by atoms with E-state index in [0.29, 0.717) is 6.42 Å². The van der Waals surface area contributed by atoms with Crippen LogP contribution in [-0.4, -0.2) is 87.5 Å². The molecule has 456 valence electrons. The Morgan fingerprint density at radius 1 is 0.436 bits per heavy atom. The lowest BCUT2D eigenvalue weighted by molar-refractivity contribution is -0.302. The summed E-state index contributed by atoms with van der Waals surface area (Å²) in [5, 5.41) is 54.6. The number of nitrogens with one attached hydrogen (secondary N) is 1. The Hall–Kier alpha value is -2.11. The molecular formula is C69H127NO8. The highest BCUT2D eigenvalue weighted by molar-refractivity contribution is 5.76. The Kier molecular flexibility index (Phi) is 55.0. The summed E-state index contributed by atoms with van der Waals surface area (Å²) in [6, 6.07) is -0.830. The fourth-order valence-electron chi connectivity index (χ4n) is 10.5. The van der Waals surface area contributed by atoms with Crippen molar-refractivity contribution in [1.29, 1.82) is 0 Å². The Balaban J connectivity index is 2.16. The van der Waals surface area contributed by atoms with Crippen molar-refractivity contribution in [2.75, 3.05) is 13.2 Å². The maximum absolute atomic E-state index is 13.1. The molecule has 0 aromatic rings. The van der Waals surface area contributed by atoms with Gasteiger partial charge in [-0.05, 0) is 77.0 Å². The number of allylic oxidation sites excluding steroid dienone is 9. The molecule has 9 heteroatoms. The predicted molar refractivity (Wildman–Crippen MR) is 332 cm³/mol. The van der Waals surface area contributed by atoms with Gasteiger partial charge < -0.3 is 40.3 Å². The van der Waals surface area contributed by atoms with Crippen molar-refractivity contribution in [3.63, 3.8) is 0 Å². The second-order valence-corrected chi connectivity index (χ2v) is 23.2. The van der Waals surface area contributed by atoms with Gasteiger partial charge in [0, 0.05) is 6.42 Å². The zero-order valence-electron chi connectivity index (χ0n) is 50.9. The molecule has 1 saturated heterocycles. The summed E-state index contributed by atoms with van der Waals surface area (Å²) in [5.41, 5.74) is 0. The third-order valence-corrected chi connectivity index (χ3v) is 15.8. The number of ether oxygens (including phenoxy) is 2. The molecule has 9 nitrogen and oxygen atoms in total. The number of aliphatic hydroxyl groups excluding tert-OH is 5. The molecule has 7 unspecified atom stereocenters. The average Bonchev–Trinajstić information content (AvgIpc) is 3.45. The molecule has 0 aromatic heterocycles. The summed E-state index contributed by atoms with van der Waals surface area (Å²) in [7, 11) is 0. The zero-order chi connectivity index (χ0) is 56.5. The van der Waals surface area contributed by atoms with Gasteiger partial charge in [-0.2, -0.15) is 0 Å². The fourth-order valence-corrected chi connectivity index (χ4v) is 10.5. The van der Waals surface area contributed by atoms with E-state index in [-0.39, 0.29) is 12.5 Å². The molecule has 0 bridgehead atoms. The highest BCUT2D eigenvalue weighted by Gasteiger charge is 2.44. The molecule has 1 aliphatic rings. The average molecular weight is 1100 g/mol. The molecule has 0 spiro atoms. The van der Waals surface area contributed by atoms with E-state index in [0.717, 1.165) is 51.4 Å². The minimum absolute atomic E-state index is 0.187. The summed E-state index contributed by atoms with van der Waals surface area (Å²) in [5.74, 6) is -0.187. The quantitative estimate of drug-likeness (QED) is 0.0261. The second kappa shape index (κ2) is 58.1. The Labute approximate surface area is 481 Å². The monoisotopic (exact) mass is 1100 g/mol. The molecule has 0 saturated carbocycles. The molecule has 1 rings (SSSR count). The molecule has 0 aliphatic carbocycles. The van der Waals surface area contributed by atoms with Crippen molar-refractivity contribution in [2.45, 2.75) is 358 Å². The molecule has 1 fully saturated rings. The van der Waals surface area contributed by atoms with Gasteiger partial charge in [0.25, 0.3) is 0 Å². The molecule has 0 radical (unpaired) electrons. The molecule has 7 atom stereocenters. The van der Waals surface area contributed by atoms with Gasteiger partial charge >= 0.3 is 0 Å². The van der Waals surface area contributed by atoms with Crippen LogP contribution < -0.4 is 5.32 Å². The number of unbranched alkanes of at least 4 members (excludes halogenated alkanes) is 40. The van der Waals surface area contributed by atoms with Gasteiger partial charge in [0.1, 0.15) is 24.4 Å². The smallest absolute Gasteiger partial charge is 0.220 e. The van der Waals surface area contributed by atoms with Crippen molar-refractivity contribution in [3.8, 4) is 0 Å². The van der Waals surface area contributed by atoms with Crippen molar-refractivity contribution in [1.82, 2.24) is 5.32 Å². The number of carbonyl (C=O) groups excluding carboxylic acids is 1. The van der Waals surface area contributed by atoms with Crippen LogP contribution in [0.5, 0.6) is 0 Å². The minimum atomic E-state index is -1.58. The number of rotatable bonds is 58. The summed E-state index contributed by atoms with van der Waals surface area (Å²) in [4.78, 5) is 13.1. The van der Waals surface area contributed by atoms with Gasteiger partial charge in [0.15, 0.2) is 6.29 Å². The van der Waals surface area contributed by atoms with E-state index in [2.05, 4.69) is 67.8 Å². The first-order valence-electron chi connectivity index (χ1n) is 33.5. The lowest BCUT2D eigenvalue weighted by atomic mass is 9.99. The minimum Gasteiger partial charge on any atom is -0.394 e. The third kappa shape index (κ3) is 46.5. The third-order valence-electron chi connectivity index (χ3n) is 15.8. The first-order chi connectivity index (χ1) is 38.3. The van der Waals surface area contributed by atoms with Gasteiger partial charge in [0.05, 0.1) is 25.4 Å². The predicted octanol–water partition coefficient (Wildman–Crippen LogP) is 17.8. The van der Waals surface area contributed by atoms with Crippen LogP contribution in [0.25, 0.3) is 0 Å². The van der Waals surface area contributed by atoms with E-state index in [9.17, 15) is 30.3 Å². The lowest BCUT2D eigenvalue weighted by Gasteiger charge is -2.40. The first kappa shape index (κ1) is 73.9. The molecule has 1 aliphatic heterocycles. The first-order valence-corrected chi connectivity index (χ1v) is 33.5. The zero-order valence-corrected chi connectivity index (χ0v) is 50.9. The van der Waals surface area contributed by atoms with Crippen LogP contribution in [0, 0.1) is 0 Å². The Morgan fingerprint density at radius 3 is 1.15 bits per heavy atom. The van der Waals surface area contributed by atoms with Gasteiger partial charge in [-0.15, -0.1) is 0 Å². The Morgan fingerprint density at radius 2 is 0.769 bits per heavy atom. The van der Waals surface area contributed by atoms with E-state index in [4.69, 9.17) is 9.47 Å². The fraction of sp³-hybridized carbons (Fsp3) is 0.841. The lowest BCUT2D eigenvalue weighted by Crippen LogP contribution is -2.60. The molecule has 6 N–H and O–H groups in total. The van der Waals surface area contributed by atoms with Crippen LogP contribution in [0.4, 0.5) is 0 Å². The van der Waals surface area contributed by atoms with E-state index >= 15 is 0 Å². The number of aliphatic hydroxyl groups is 5.